The zero-order chi connectivity index (χ0) is 19.1. The summed E-state index contributed by atoms with van der Waals surface area (Å²) in [5.41, 5.74) is 2.30. The van der Waals surface area contributed by atoms with Gasteiger partial charge in [0.15, 0.2) is 17.5 Å². The lowest BCUT2D eigenvalue weighted by Gasteiger charge is -2.33. The minimum Gasteiger partial charge on any atom is -0.356 e. The topological polar surface area (TPSA) is 41.9 Å². The predicted octanol–water partition coefficient (Wildman–Crippen LogP) is 4.85. The van der Waals surface area contributed by atoms with Gasteiger partial charge in [0.1, 0.15) is 5.82 Å². The molecule has 1 aliphatic heterocycles. The SMILES string of the molecule is Fc1cccc(-c2ccc3c(N4CCC4)nc(-c4cccnc4)nc3c2)c1F. The van der Waals surface area contributed by atoms with Gasteiger partial charge in [-0.1, -0.05) is 18.2 Å². The summed E-state index contributed by atoms with van der Waals surface area (Å²) in [6.07, 6.45) is 4.54. The van der Waals surface area contributed by atoms with Gasteiger partial charge in [-0.25, -0.2) is 18.7 Å². The fraction of sp³-hybridized carbons (Fsp3) is 0.136. The standard InChI is InChI=1S/C22H16F2N4/c23-18-6-1-5-16(20(18)24)14-7-8-17-19(12-14)26-21(15-4-2-9-25-13-15)27-22(17)28-10-3-11-28/h1-2,4-9,12-13H,3,10-11H2. The number of benzene rings is 2. The maximum atomic E-state index is 14.3. The molecule has 1 aliphatic rings. The molecule has 28 heavy (non-hydrogen) atoms. The van der Waals surface area contributed by atoms with Crippen molar-refractivity contribution in [1.82, 2.24) is 15.0 Å². The smallest absolute Gasteiger partial charge is 0.166 e. The zero-order valence-electron chi connectivity index (χ0n) is 14.9. The van der Waals surface area contributed by atoms with Gasteiger partial charge in [0.2, 0.25) is 0 Å². The van der Waals surface area contributed by atoms with Crippen molar-refractivity contribution >= 4 is 16.7 Å². The average molecular weight is 374 g/mol. The van der Waals surface area contributed by atoms with Crippen LogP contribution in [0.15, 0.2) is 60.9 Å². The molecule has 138 valence electrons. The monoisotopic (exact) mass is 374 g/mol. The summed E-state index contributed by atoms with van der Waals surface area (Å²) in [6.45, 7) is 1.89. The molecular formula is C22H16F2N4. The molecule has 0 radical (unpaired) electrons. The lowest BCUT2D eigenvalue weighted by atomic mass is 10.0. The Morgan fingerprint density at radius 1 is 0.893 bits per heavy atom. The number of hydrogen-bond donors (Lipinski definition) is 0. The molecule has 0 amide bonds. The molecule has 0 N–H and O–H groups in total. The maximum Gasteiger partial charge on any atom is 0.166 e. The van der Waals surface area contributed by atoms with Crippen molar-refractivity contribution in [1.29, 1.82) is 0 Å². The van der Waals surface area contributed by atoms with Crippen molar-refractivity contribution in [2.45, 2.75) is 6.42 Å². The fourth-order valence-corrected chi connectivity index (χ4v) is 3.40. The van der Waals surface area contributed by atoms with Crippen molar-refractivity contribution in [3.8, 4) is 22.5 Å². The number of halogens is 2. The summed E-state index contributed by atoms with van der Waals surface area (Å²) in [5.74, 6) is -0.287. The number of fused-ring (bicyclic) bond motifs is 1. The van der Waals surface area contributed by atoms with Gasteiger partial charge in [0.25, 0.3) is 0 Å². The Kier molecular flexibility index (Phi) is 3.97. The molecule has 0 spiro atoms. The fourth-order valence-electron chi connectivity index (χ4n) is 3.40. The van der Waals surface area contributed by atoms with Crippen LogP contribution in [0.1, 0.15) is 6.42 Å². The Balaban J connectivity index is 1.72. The van der Waals surface area contributed by atoms with E-state index in [9.17, 15) is 8.78 Å². The van der Waals surface area contributed by atoms with Crippen LogP contribution in [-0.2, 0) is 0 Å². The Morgan fingerprint density at radius 3 is 2.54 bits per heavy atom. The van der Waals surface area contributed by atoms with Crippen LogP contribution in [0.4, 0.5) is 14.6 Å². The first kappa shape index (κ1) is 16.7. The van der Waals surface area contributed by atoms with Crippen molar-refractivity contribution in [2.75, 3.05) is 18.0 Å². The van der Waals surface area contributed by atoms with Gasteiger partial charge < -0.3 is 4.90 Å². The lowest BCUT2D eigenvalue weighted by Crippen LogP contribution is -2.37. The van der Waals surface area contributed by atoms with Crippen molar-refractivity contribution in [3.63, 3.8) is 0 Å². The van der Waals surface area contributed by atoms with E-state index >= 15 is 0 Å². The lowest BCUT2D eigenvalue weighted by molar-refractivity contribution is 0.511. The number of hydrogen-bond acceptors (Lipinski definition) is 4. The second-order valence-electron chi connectivity index (χ2n) is 6.79. The van der Waals surface area contributed by atoms with Gasteiger partial charge in [-0.05, 0) is 42.3 Å². The van der Waals surface area contributed by atoms with E-state index in [1.165, 1.54) is 6.07 Å². The van der Waals surface area contributed by atoms with Gasteiger partial charge in [0, 0.05) is 42.0 Å². The van der Waals surface area contributed by atoms with E-state index < -0.39 is 11.6 Å². The average Bonchev–Trinajstić information content (AvgIpc) is 2.69. The summed E-state index contributed by atoms with van der Waals surface area (Å²) in [5, 5.41) is 0.896. The number of pyridine rings is 1. The second kappa shape index (κ2) is 6.64. The molecule has 6 heteroatoms. The van der Waals surface area contributed by atoms with Crippen molar-refractivity contribution in [2.24, 2.45) is 0 Å². The van der Waals surface area contributed by atoms with E-state index in [2.05, 4.69) is 9.88 Å². The van der Waals surface area contributed by atoms with Crippen LogP contribution in [0.25, 0.3) is 33.4 Å². The van der Waals surface area contributed by atoms with E-state index in [1.807, 2.05) is 18.2 Å². The molecule has 0 bridgehead atoms. The zero-order valence-corrected chi connectivity index (χ0v) is 14.9. The number of aromatic nitrogens is 3. The van der Waals surface area contributed by atoms with E-state index in [0.717, 1.165) is 42.3 Å². The minimum atomic E-state index is -0.863. The van der Waals surface area contributed by atoms with E-state index in [1.54, 1.807) is 30.6 Å². The molecule has 4 aromatic rings. The van der Waals surface area contributed by atoms with Gasteiger partial charge in [0.05, 0.1) is 5.52 Å². The molecule has 3 heterocycles. The first-order chi connectivity index (χ1) is 13.7. The van der Waals surface area contributed by atoms with E-state index in [4.69, 9.17) is 9.97 Å². The predicted molar refractivity (Wildman–Crippen MR) is 105 cm³/mol. The Labute approximate surface area is 160 Å². The normalized spacial score (nSPS) is 13.6. The molecule has 4 nitrogen and oxygen atoms in total. The van der Waals surface area contributed by atoms with Crippen LogP contribution < -0.4 is 4.90 Å². The summed E-state index contributed by atoms with van der Waals surface area (Å²) >= 11 is 0. The molecule has 0 unspecified atom stereocenters. The number of rotatable bonds is 3. The Morgan fingerprint density at radius 2 is 1.79 bits per heavy atom. The van der Waals surface area contributed by atoms with Crippen LogP contribution in [0.5, 0.6) is 0 Å². The summed E-state index contributed by atoms with van der Waals surface area (Å²) < 4.78 is 28.0. The van der Waals surface area contributed by atoms with E-state index in [0.29, 0.717) is 16.9 Å². The third kappa shape index (κ3) is 2.78. The van der Waals surface area contributed by atoms with Gasteiger partial charge in [-0.3, -0.25) is 4.98 Å². The molecule has 2 aromatic carbocycles. The molecule has 0 saturated carbocycles. The molecule has 0 atom stereocenters. The highest BCUT2D eigenvalue weighted by Crippen LogP contribution is 2.33. The van der Waals surface area contributed by atoms with Gasteiger partial charge in [-0.15, -0.1) is 0 Å². The second-order valence-corrected chi connectivity index (χ2v) is 6.79. The third-order valence-corrected chi connectivity index (χ3v) is 5.01. The summed E-state index contributed by atoms with van der Waals surface area (Å²) in [6, 6.07) is 13.4. The highest BCUT2D eigenvalue weighted by molar-refractivity contribution is 5.94. The summed E-state index contributed by atoms with van der Waals surface area (Å²) in [7, 11) is 0. The molecular weight excluding hydrogens is 358 g/mol. The molecule has 1 fully saturated rings. The van der Waals surface area contributed by atoms with Crippen LogP contribution in [0.2, 0.25) is 0 Å². The molecule has 0 aliphatic carbocycles. The summed E-state index contributed by atoms with van der Waals surface area (Å²) in [4.78, 5) is 15.8. The van der Waals surface area contributed by atoms with Crippen molar-refractivity contribution < 1.29 is 8.78 Å². The Bertz CT molecular complexity index is 1170. The number of anilines is 1. The molecule has 1 saturated heterocycles. The Hall–Kier alpha value is -3.41. The minimum absolute atomic E-state index is 0.217. The highest BCUT2D eigenvalue weighted by Gasteiger charge is 2.21. The third-order valence-electron chi connectivity index (χ3n) is 5.01. The van der Waals surface area contributed by atoms with Crippen LogP contribution >= 0.6 is 0 Å². The first-order valence-corrected chi connectivity index (χ1v) is 9.12. The van der Waals surface area contributed by atoms with Gasteiger partial charge >= 0.3 is 0 Å². The quantitative estimate of drug-likeness (QED) is 0.514. The van der Waals surface area contributed by atoms with Crippen LogP contribution in [-0.4, -0.2) is 28.0 Å². The van der Waals surface area contributed by atoms with Crippen LogP contribution in [0.3, 0.4) is 0 Å². The van der Waals surface area contributed by atoms with Crippen molar-refractivity contribution in [3.05, 3.63) is 72.6 Å². The molecule has 5 rings (SSSR count). The molecule has 2 aromatic heterocycles. The van der Waals surface area contributed by atoms with Crippen LogP contribution in [0, 0.1) is 11.6 Å². The largest absolute Gasteiger partial charge is 0.356 e. The highest BCUT2D eigenvalue weighted by atomic mass is 19.2. The van der Waals surface area contributed by atoms with E-state index in [-0.39, 0.29) is 5.56 Å². The maximum absolute atomic E-state index is 14.3. The first-order valence-electron chi connectivity index (χ1n) is 9.12. The van der Waals surface area contributed by atoms with Gasteiger partial charge in [-0.2, -0.15) is 0 Å². The number of nitrogens with zero attached hydrogens (tertiary/aromatic N) is 4.